The second kappa shape index (κ2) is 4.36. The van der Waals surface area contributed by atoms with Crippen molar-refractivity contribution in [1.82, 2.24) is 4.90 Å². The summed E-state index contributed by atoms with van der Waals surface area (Å²) < 4.78 is 28.2. The number of hydrogen-bond donors (Lipinski definition) is 0. The van der Waals surface area contributed by atoms with Gasteiger partial charge in [0.25, 0.3) is 5.92 Å². The lowest BCUT2D eigenvalue weighted by Gasteiger charge is -2.48. The van der Waals surface area contributed by atoms with E-state index >= 15 is 0 Å². The van der Waals surface area contributed by atoms with Crippen LogP contribution in [0.5, 0.6) is 0 Å². The normalized spacial score (nSPS) is 25.8. The van der Waals surface area contributed by atoms with Gasteiger partial charge in [-0.2, -0.15) is 0 Å². The first-order valence-corrected chi connectivity index (χ1v) is 6.00. The molecular weight excluding hydrogens is 196 g/mol. The van der Waals surface area contributed by atoms with E-state index in [9.17, 15) is 8.78 Å². The molecule has 1 saturated heterocycles. The summed E-state index contributed by atoms with van der Waals surface area (Å²) in [4.78, 5) is 1.89. The summed E-state index contributed by atoms with van der Waals surface area (Å²) in [5.41, 5.74) is -0.752. The molecule has 0 bridgehead atoms. The number of hydrogen-bond acceptors (Lipinski definition) is 1. The molecule has 1 rings (SSSR count). The molecular formula is C12H23F2N. The Morgan fingerprint density at radius 2 is 1.73 bits per heavy atom. The Morgan fingerprint density at radius 1 is 1.20 bits per heavy atom. The predicted molar refractivity (Wildman–Crippen MR) is 59.3 cm³/mol. The fourth-order valence-electron chi connectivity index (χ4n) is 2.60. The third-order valence-electron chi connectivity index (χ3n) is 4.14. The molecule has 0 aromatic rings. The van der Waals surface area contributed by atoms with Crippen LogP contribution < -0.4 is 0 Å². The second-order valence-corrected chi connectivity index (χ2v) is 5.01. The van der Waals surface area contributed by atoms with Crippen LogP contribution in [-0.2, 0) is 0 Å². The summed E-state index contributed by atoms with van der Waals surface area (Å²) in [6, 6.07) is 0.225. The number of halogens is 2. The van der Waals surface area contributed by atoms with E-state index < -0.39 is 11.3 Å². The smallest absolute Gasteiger partial charge is 0.266 e. The van der Waals surface area contributed by atoms with Crippen molar-refractivity contribution in [2.24, 2.45) is 5.41 Å². The highest BCUT2D eigenvalue weighted by molar-refractivity contribution is 4.97. The van der Waals surface area contributed by atoms with Crippen molar-refractivity contribution in [1.29, 1.82) is 0 Å². The van der Waals surface area contributed by atoms with Crippen molar-refractivity contribution in [2.75, 3.05) is 13.1 Å². The van der Waals surface area contributed by atoms with E-state index in [4.69, 9.17) is 0 Å². The number of piperidine rings is 1. The van der Waals surface area contributed by atoms with Crippen molar-refractivity contribution in [3.63, 3.8) is 0 Å². The zero-order valence-electron chi connectivity index (χ0n) is 10.3. The summed E-state index contributed by atoms with van der Waals surface area (Å²) >= 11 is 0. The Hall–Kier alpha value is -0.180. The van der Waals surface area contributed by atoms with Crippen LogP contribution in [0.1, 0.15) is 47.0 Å². The average Bonchev–Trinajstić information content (AvgIpc) is 2.17. The summed E-state index contributed by atoms with van der Waals surface area (Å²) in [6.07, 6.45) is 1.80. The van der Waals surface area contributed by atoms with Gasteiger partial charge in [-0.1, -0.05) is 13.8 Å². The molecule has 0 atom stereocenters. The zero-order chi connectivity index (χ0) is 11.7. The molecule has 0 aromatic heterocycles. The highest BCUT2D eigenvalue weighted by Gasteiger charge is 2.54. The minimum absolute atomic E-state index is 0.0631. The van der Waals surface area contributed by atoms with Gasteiger partial charge >= 0.3 is 0 Å². The highest BCUT2D eigenvalue weighted by atomic mass is 19.3. The zero-order valence-corrected chi connectivity index (χ0v) is 10.3. The van der Waals surface area contributed by atoms with Crippen LogP contribution in [0.25, 0.3) is 0 Å². The van der Waals surface area contributed by atoms with Gasteiger partial charge in [0, 0.05) is 11.5 Å². The monoisotopic (exact) mass is 219 g/mol. The Kier molecular flexibility index (Phi) is 3.75. The number of alkyl halides is 2. The van der Waals surface area contributed by atoms with Crippen LogP contribution in [0.3, 0.4) is 0 Å². The topological polar surface area (TPSA) is 3.24 Å². The Labute approximate surface area is 91.8 Å². The standard InChI is InChI=1S/C12H23F2N/c1-5-11(6-2)7-8-15(10(3)4)9-12(11,13)14/h10H,5-9H2,1-4H3. The third-order valence-corrected chi connectivity index (χ3v) is 4.14. The fraction of sp³-hybridized carbons (Fsp3) is 1.00. The van der Waals surface area contributed by atoms with E-state index in [-0.39, 0.29) is 12.6 Å². The van der Waals surface area contributed by atoms with Gasteiger partial charge in [-0.05, 0) is 39.7 Å². The van der Waals surface area contributed by atoms with Gasteiger partial charge in [-0.15, -0.1) is 0 Å². The molecule has 3 heteroatoms. The molecule has 0 spiro atoms. The molecule has 1 fully saturated rings. The maximum Gasteiger partial charge on any atom is 0.266 e. The number of likely N-dealkylation sites (tertiary alicyclic amines) is 1. The van der Waals surface area contributed by atoms with Crippen molar-refractivity contribution in [3.05, 3.63) is 0 Å². The van der Waals surface area contributed by atoms with E-state index in [1.54, 1.807) is 0 Å². The van der Waals surface area contributed by atoms with Crippen LogP contribution in [-0.4, -0.2) is 30.0 Å². The molecule has 15 heavy (non-hydrogen) atoms. The molecule has 1 aliphatic rings. The second-order valence-electron chi connectivity index (χ2n) is 5.01. The van der Waals surface area contributed by atoms with Gasteiger partial charge in [0.2, 0.25) is 0 Å². The Balaban J connectivity index is 2.82. The fourth-order valence-corrected chi connectivity index (χ4v) is 2.60. The lowest BCUT2D eigenvalue weighted by molar-refractivity contribution is -0.176. The SMILES string of the molecule is CCC1(CC)CCN(C(C)C)CC1(F)F. The third kappa shape index (κ3) is 2.17. The van der Waals surface area contributed by atoms with Crippen LogP contribution in [0, 0.1) is 5.41 Å². The first-order chi connectivity index (χ1) is 6.88. The number of nitrogens with zero attached hydrogens (tertiary/aromatic N) is 1. The van der Waals surface area contributed by atoms with Crippen molar-refractivity contribution < 1.29 is 8.78 Å². The van der Waals surface area contributed by atoms with E-state index in [1.807, 2.05) is 32.6 Å². The van der Waals surface area contributed by atoms with Gasteiger partial charge < -0.3 is 0 Å². The van der Waals surface area contributed by atoms with Crippen LogP contribution >= 0.6 is 0 Å². The molecule has 0 amide bonds. The van der Waals surface area contributed by atoms with Crippen LogP contribution in [0.2, 0.25) is 0 Å². The first-order valence-electron chi connectivity index (χ1n) is 6.00. The van der Waals surface area contributed by atoms with E-state index in [2.05, 4.69) is 0 Å². The van der Waals surface area contributed by atoms with E-state index in [0.29, 0.717) is 19.3 Å². The molecule has 1 aliphatic heterocycles. The Morgan fingerprint density at radius 3 is 2.07 bits per heavy atom. The Bertz CT molecular complexity index is 210. The van der Waals surface area contributed by atoms with Gasteiger partial charge in [0.15, 0.2) is 0 Å². The lowest BCUT2D eigenvalue weighted by atomic mass is 9.71. The quantitative estimate of drug-likeness (QED) is 0.701. The molecule has 0 aromatic carbocycles. The molecule has 0 N–H and O–H groups in total. The molecule has 0 unspecified atom stereocenters. The summed E-state index contributed by atoms with van der Waals surface area (Å²) in [6.45, 7) is 8.51. The molecule has 0 saturated carbocycles. The first kappa shape index (κ1) is 12.9. The predicted octanol–water partition coefficient (Wildman–Crippen LogP) is 3.54. The summed E-state index contributed by atoms with van der Waals surface area (Å²) in [5.74, 6) is -2.53. The molecule has 0 aliphatic carbocycles. The van der Waals surface area contributed by atoms with Crippen molar-refractivity contribution in [3.8, 4) is 0 Å². The average molecular weight is 219 g/mol. The van der Waals surface area contributed by atoms with E-state index in [0.717, 1.165) is 6.54 Å². The minimum atomic E-state index is -2.53. The van der Waals surface area contributed by atoms with Crippen molar-refractivity contribution in [2.45, 2.75) is 58.9 Å². The minimum Gasteiger partial charge on any atom is -0.295 e. The summed E-state index contributed by atoms with van der Waals surface area (Å²) in [7, 11) is 0. The molecule has 1 heterocycles. The largest absolute Gasteiger partial charge is 0.295 e. The van der Waals surface area contributed by atoms with Gasteiger partial charge in [0.1, 0.15) is 0 Å². The highest BCUT2D eigenvalue weighted by Crippen LogP contribution is 2.48. The van der Waals surface area contributed by atoms with E-state index in [1.165, 1.54) is 0 Å². The van der Waals surface area contributed by atoms with Gasteiger partial charge in [-0.25, -0.2) is 8.78 Å². The van der Waals surface area contributed by atoms with Gasteiger partial charge in [-0.3, -0.25) is 4.90 Å². The molecule has 90 valence electrons. The maximum absolute atomic E-state index is 14.1. The summed E-state index contributed by atoms with van der Waals surface area (Å²) in [5, 5.41) is 0. The molecule has 0 radical (unpaired) electrons. The molecule has 1 nitrogen and oxygen atoms in total. The lowest BCUT2D eigenvalue weighted by Crippen LogP contribution is -2.56. The maximum atomic E-state index is 14.1. The van der Waals surface area contributed by atoms with Crippen molar-refractivity contribution >= 4 is 0 Å². The van der Waals surface area contributed by atoms with Crippen LogP contribution in [0.15, 0.2) is 0 Å². The number of rotatable bonds is 3. The van der Waals surface area contributed by atoms with Crippen LogP contribution in [0.4, 0.5) is 8.78 Å². The van der Waals surface area contributed by atoms with Gasteiger partial charge in [0.05, 0.1) is 6.54 Å².